The van der Waals surface area contributed by atoms with Crippen LogP contribution in [0.5, 0.6) is 0 Å². The Morgan fingerprint density at radius 1 is 0.559 bits per heavy atom. The van der Waals surface area contributed by atoms with Gasteiger partial charge in [0.1, 0.15) is 0 Å². The summed E-state index contributed by atoms with van der Waals surface area (Å²) in [4.78, 5) is 11.7. The molecule has 0 fully saturated rings. The molecule has 5 heteroatoms. The third kappa shape index (κ3) is 3.74. The molecule has 0 atom stereocenters. The number of nitrogen functional groups attached to an aromatic ring is 3. The molecule has 0 bridgehead atoms. The highest BCUT2D eigenvalue weighted by atomic mass is 16.2. The summed E-state index contributed by atoms with van der Waals surface area (Å²) < 4.78 is 0. The average molecular weight is 445 g/mol. The van der Waals surface area contributed by atoms with Crippen molar-refractivity contribution in [2.75, 3.05) is 11.5 Å². The van der Waals surface area contributed by atoms with E-state index in [-0.39, 0.29) is 5.91 Å². The monoisotopic (exact) mass is 444 g/mol. The zero-order valence-electron chi connectivity index (χ0n) is 18.5. The first-order valence-corrected chi connectivity index (χ1v) is 10.9. The van der Waals surface area contributed by atoms with Crippen LogP contribution in [0.4, 0.5) is 11.4 Å². The van der Waals surface area contributed by atoms with E-state index in [0.29, 0.717) is 16.9 Å². The molecule has 0 aliphatic rings. The third-order valence-electron chi connectivity index (χ3n) is 6.17. The number of anilines is 2. The Balaban J connectivity index is 1.48. The van der Waals surface area contributed by atoms with Gasteiger partial charge in [-0.15, -0.1) is 0 Å². The van der Waals surface area contributed by atoms with Crippen molar-refractivity contribution in [1.82, 2.24) is 5.43 Å². The highest BCUT2D eigenvalue weighted by Crippen LogP contribution is 2.38. The smallest absolute Gasteiger partial charge is 0.265 e. The summed E-state index contributed by atoms with van der Waals surface area (Å²) in [6, 6.07) is 34.1. The SMILES string of the molecule is NNC(=O)c1ccc(-c2ccc(-c3ccc(-c4cccc5ccccc45)cc3)c(N)c2N)cc1. The lowest BCUT2D eigenvalue weighted by Crippen LogP contribution is -2.29. The van der Waals surface area contributed by atoms with Gasteiger partial charge in [0, 0.05) is 16.7 Å². The van der Waals surface area contributed by atoms with Gasteiger partial charge in [0.25, 0.3) is 5.91 Å². The van der Waals surface area contributed by atoms with Crippen LogP contribution in [0.15, 0.2) is 103 Å². The summed E-state index contributed by atoms with van der Waals surface area (Å²) in [6.07, 6.45) is 0. The third-order valence-corrected chi connectivity index (χ3v) is 6.17. The number of hydrogen-bond acceptors (Lipinski definition) is 4. The first-order valence-electron chi connectivity index (χ1n) is 10.9. The molecule has 0 heterocycles. The lowest BCUT2D eigenvalue weighted by atomic mass is 9.93. The highest BCUT2D eigenvalue weighted by Gasteiger charge is 2.13. The van der Waals surface area contributed by atoms with E-state index in [1.165, 1.54) is 16.3 Å². The van der Waals surface area contributed by atoms with Crippen molar-refractivity contribution < 1.29 is 4.79 Å². The quantitative estimate of drug-likeness (QED) is 0.125. The number of nitrogens with one attached hydrogen (secondary N) is 1. The summed E-state index contributed by atoms with van der Waals surface area (Å²) in [5, 5.41) is 2.44. The number of hydrazine groups is 1. The van der Waals surface area contributed by atoms with Crippen LogP contribution in [0.3, 0.4) is 0 Å². The molecule has 5 aromatic carbocycles. The first kappa shape index (κ1) is 21.2. The summed E-state index contributed by atoms with van der Waals surface area (Å²) in [5.41, 5.74) is 22.4. The van der Waals surface area contributed by atoms with Crippen LogP contribution in [0.2, 0.25) is 0 Å². The summed E-state index contributed by atoms with van der Waals surface area (Å²) in [7, 11) is 0. The van der Waals surface area contributed by atoms with Crippen molar-refractivity contribution in [3.63, 3.8) is 0 Å². The van der Waals surface area contributed by atoms with Crippen molar-refractivity contribution in [2.24, 2.45) is 5.84 Å². The Morgan fingerprint density at radius 2 is 1.06 bits per heavy atom. The molecule has 0 radical (unpaired) electrons. The van der Waals surface area contributed by atoms with E-state index in [2.05, 4.69) is 72.2 Å². The van der Waals surface area contributed by atoms with Crippen LogP contribution in [0.25, 0.3) is 44.2 Å². The van der Waals surface area contributed by atoms with Crippen LogP contribution in [0.1, 0.15) is 10.4 Å². The van der Waals surface area contributed by atoms with E-state index in [1.54, 1.807) is 12.1 Å². The Labute approximate surface area is 197 Å². The van der Waals surface area contributed by atoms with Gasteiger partial charge in [0.15, 0.2) is 0 Å². The maximum atomic E-state index is 11.7. The predicted molar refractivity (Wildman–Crippen MR) is 141 cm³/mol. The van der Waals surface area contributed by atoms with E-state index in [0.717, 1.165) is 27.8 Å². The van der Waals surface area contributed by atoms with E-state index in [1.807, 2.05) is 24.3 Å². The van der Waals surface area contributed by atoms with Gasteiger partial charge < -0.3 is 11.5 Å². The van der Waals surface area contributed by atoms with E-state index >= 15 is 0 Å². The second-order valence-corrected chi connectivity index (χ2v) is 8.14. The molecule has 0 saturated heterocycles. The fourth-order valence-corrected chi connectivity index (χ4v) is 4.33. The Morgan fingerprint density at radius 3 is 1.65 bits per heavy atom. The van der Waals surface area contributed by atoms with Crippen molar-refractivity contribution in [2.45, 2.75) is 0 Å². The molecule has 0 aliphatic carbocycles. The van der Waals surface area contributed by atoms with Crippen LogP contribution >= 0.6 is 0 Å². The molecule has 1 amide bonds. The normalized spacial score (nSPS) is 10.9. The molecule has 0 aromatic heterocycles. The van der Waals surface area contributed by atoms with Gasteiger partial charge in [-0.25, -0.2) is 5.84 Å². The van der Waals surface area contributed by atoms with E-state index in [4.69, 9.17) is 17.3 Å². The Kier molecular flexibility index (Phi) is 5.46. The minimum atomic E-state index is -0.346. The molecule has 0 saturated carbocycles. The van der Waals surface area contributed by atoms with Crippen LogP contribution in [-0.4, -0.2) is 5.91 Å². The number of rotatable bonds is 4. The molecule has 5 aromatic rings. The Bertz CT molecular complexity index is 1500. The summed E-state index contributed by atoms with van der Waals surface area (Å²) in [5.74, 6) is 4.85. The molecule has 7 N–H and O–H groups in total. The van der Waals surface area contributed by atoms with Crippen LogP contribution in [-0.2, 0) is 0 Å². The molecular weight excluding hydrogens is 420 g/mol. The fourth-order valence-electron chi connectivity index (χ4n) is 4.33. The van der Waals surface area contributed by atoms with Gasteiger partial charge in [-0.3, -0.25) is 10.2 Å². The molecule has 166 valence electrons. The minimum Gasteiger partial charge on any atom is -0.397 e. The van der Waals surface area contributed by atoms with Gasteiger partial charge >= 0.3 is 0 Å². The van der Waals surface area contributed by atoms with Crippen molar-refractivity contribution in [1.29, 1.82) is 0 Å². The second kappa shape index (κ2) is 8.73. The number of fused-ring (bicyclic) bond motifs is 1. The van der Waals surface area contributed by atoms with Crippen molar-refractivity contribution >= 4 is 28.1 Å². The van der Waals surface area contributed by atoms with Crippen molar-refractivity contribution in [3.05, 3.63) is 109 Å². The number of hydrogen-bond donors (Lipinski definition) is 4. The number of nitrogens with two attached hydrogens (primary N) is 3. The number of amides is 1. The minimum absolute atomic E-state index is 0.346. The van der Waals surface area contributed by atoms with Gasteiger partial charge in [-0.1, -0.05) is 91.0 Å². The maximum Gasteiger partial charge on any atom is 0.265 e. The lowest BCUT2D eigenvalue weighted by Gasteiger charge is -2.14. The summed E-state index contributed by atoms with van der Waals surface area (Å²) in [6.45, 7) is 0. The second-order valence-electron chi connectivity index (χ2n) is 8.14. The molecule has 0 aliphatic heterocycles. The zero-order valence-corrected chi connectivity index (χ0v) is 18.5. The Hall–Kier alpha value is -4.61. The van der Waals surface area contributed by atoms with Crippen LogP contribution in [0, 0.1) is 0 Å². The largest absolute Gasteiger partial charge is 0.397 e. The van der Waals surface area contributed by atoms with Crippen molar-refractivity contribution in [3.8, 4) is 33.4 Å². The fraction of sp³-hybridized carbons (Fsp3) is 0. The molecule has 0 unspecified atom stereocenters. The molecule has 0 spiro atoms. The number of benzene rings is 5. The first-order chi connectivity index (χ1) is 16.6. The number of carbonyl (C=O) groups is 1. The van der Waals surface area contributed by atoms with E-state index < -0.39 is 0 Å². The standard InChI is InChI=1S/C29H24N4O/c30-27-25(16-17-26(28(27)31)21-12-14-22(15-13-21)29(34)33-32)20-10-8-19(9-11-20)24-7-3-5-18-4-1-2-6-23(18)24/h1-17H,30-32H2,(H,33,34). The predicted octanol–water partition coefficient (Wildman–Crippen LogP) is 5.61. The molecule has 34 heavy (non-hydrogen) atoms. The van der Waals surface area contributed by atoms with Crippen LogP contribution < -0.4 is 22.7 Å². The van der Waals surface area contributed by atoms with Gasteiger partial charge in [0.05, 0.1) is 11.4 Å². The maximum absolute atomic E-state index is 11.7. The number of carbonyl (C=O) groups excluding carboxylic acids is 1. The molecule has 5 nitrogen and oxygen atoms in total. The summed E-state index contributed by atoms with van der Waals surface area (Å²) >= 11 is 0. The van der Waals surface area contributed by atoms with Gasteiger partial charge in [-0.05, 0) is 45.2 Å². The zero-order chi connectivity index (χ0) is 23.7. The molecule has 5 rings (SSSR count). The topological polar surface area (TPSA) is 107 Å². The highest BCUT2D eigenvalue weighted by molar-refractivity contribution is 5.98. The van der Waals surface area contributed by atoms with Gasteiger partial charge in [0.2, 0.25) is 0 Å². The van der Waals surface area contributed by atoms with E-state index in [9.17, 15) is 4.79 Å². The molecular formula is C29H24N4O. The average Bonchev–Trinajstić information content (AvgIpc) is 2.90. The van der Waals surface area contributed by atoms with Gasteiger partial charge in [-0.2, -0.15) is 0 Å². The lowest BCUT2D eigenvalue weighted by molar-refractivity contribution is 0.0953.